The molecule has 0 bridgehead atoms. The van der Waals surface area contributed by atoms with Gasteiger partial charge in [0.15, 0.2) is 0 Å². The van der Waals surface area contributed by atoms with Gasteiger partial charge in [-0.25, -0.2) is 0 Å². The second-order valence-electron chi connectivity index (χ2n) is 5.85. The average Bonchev–Trinajstić information content (AvgIpc) is 2.70. The Balaban J connectivity index is 1.56. The number of carbonyl (C=O) groups excluding carboxylic acids is 1. The van der Waals surface area contributed by atoms with E-state index < -0.39 is 4.92 Å². The third-order valence-electron chi connectivity index (χ3n) is 4.10. The van der Waals surface area contributed by atoms with E-state index in [9.17, 15) is 14.9 Å². The minimum atomic E-state index is -0.522. The zero-order chi connectivity index (χ0) is 19.2. The molecule has 27 heavy (non-hydrogen) atoms. The molecule has 0 saturated heterocycles. The van der Waals surface area contributed by atoms with Gasteiger partial charge >= 0.3 is 0 Å². The molecule has 0 aliphatic rings. The minimum Gasteiger partial charge on any atom is -0.492 e. The maximum Gasteiger partial charge on any atom is 0.293 e. The van der Waals surface area contributed by atoms with E-state index in [1.807, 2.05) is 42.5 Å². The zero-order valence-electron chi connectivity index (χ0n) is 14.8. The molecule has 7 nitrogen and oxygen atoms in total. The summed E-state index contributed by atoms with van der Waals surface area (Å²) in [7, 11) is 1.59. The highest BCUT2D eigenvalue weighted by atomic mass is 16.6. The van der Waals surface area contributed by atoms with Gasteiger partial charge in [0.05, 0.1) is 11.5 Å². The summed E-state index contributed by atoms with van der Waals surface area (Å²) >= 11 is 0. The molecule has 3 aromatic carbocycles. The fourth-order valence-corrected chi connectivity index (χ4v) is 2.73. The molecule has 138 valence electrons. The van der Waals surface area contributed by atoms with Crippen molar-refractivity contribution in [3.05, 3.63) is 76.3 Å². The van der Waals surface area contributed by atoms with Crippen LogP contribution in [0.1, 0.15) is 10.4 Å². The Morgan fingerprint density at radius 3 is 2.59 bits per heavy atom. The quantitative estimate of drug-likeness (QED) is 0.379. The average molecular weight is 365 g/mol. The normalized spacial score (nSPS) is 10.4. The highest BCUT2D eigenvalue weighted by Crippen LogP contribution is 2.25. The van der Waals surface area contributed by atoms with Crippen LogP contribution in [0.25, 0.3) is 10.8 Å². The van der Waals surface area contributed by atoms with Gasteiger partial charge in [0, 0.05) is 18.7 Å². The molecule has 3 aromatic rings. The minimum absolute atomic E-state index is 0.141. The number of anilines is 1. The number of fused-ring (bicyclic) bond motifs is 1. The summed E-state index contributed by atoms with van der Waals surface area (Å²) in [5, 5.41) is 18.7. The molecule has 0 aliphatic heterocycles. The maximum absolute atomic E-state index is 12.2. The summed E-state index contributed by atoms with van der Waals surface area (Å²) in [6, 6.07) is 18.1. The number of amides is 1. The molecule has 0 aromatic heterocycles. The number of nitro benzene ring substituents is 1. The summed E-state index contributed by atoms with van der Waals surface area (Å²) in [6.45, 7) is 0.577. The number of ether oxygens (including phenoxy) is 1. The van der Waals surface area contributed by atoms with Crippen LogP contribution in [0.5, 0.6) is 5.75 Å². The van der Waals surface area contributed by atoms with Crippen molar-refractivity contribution < 1.29 is 14.5 Å². The molecule has 0 heterocycles. The van der Waals surface area contributed by atoms with E-state index in [2.05, 4.69) is 10.6 Å². The van der Waals surface area contributed by atoms with Gasteiger partial charge in [0.2, 0.25) is 0 Å². The zero-order valence-corrected chi connectivity index (χ0v) is 14.8. The second kappa shape index (κ2) is 8.18. The molecule has 1 amide bonds. The first kappa shape index (κ1) is 18.2. The van der Waals surface area contributed by atoms with Crippen molar-refractivity contribution in [1.29, 1.82) is 0 Å². The first-order chi connectivity index (χ1) is 13.1. The van der Waals surface area contributed by atoms with Gasteiger partial charge < -0.3 is 15.4 Å². The maximum atomic E-state index is 12.2. The van der Waals surface area contributed by atoms with E-state index in [-0.39, 0.29) is 23.7 Å². The first-order valence-corrected chi connectivity index (χ1v) is 8.44. The number of hydrogen-bond acceptors (Lipinski definition) is 5. The van der Waals surface area contributed by atoms with Crippen molar-refractivity contribution in [3.63, 3.8) is 0 Å². The molecule has 0 unspecified atom stereocenters. The molecule has 7 heteroatoms. The van der Waals surface area contributed by atoms with Gasteiger partial charge in [-0.3, -0.25) is 14.9 Å². The van der Waals surface area contributed by atoms with Crippen LogP contribution in [0.2, 0.25) is 0 Å². The summed E-state index contributed by atoms with van der Waals surface area (Å²) in [4.78, 5) is 22.8. The van der Waals surface area contributed by atoms with Crippen LogP contribution in [-0.2, 0) is 0 Å². The third kappa shape index (κ3) is 4.33. The largest absolute Gasteiger partial charge is 0.492 e. The molecule has 0 saturated carbocycles. The molecule has 0 fully saturated rings. The van der Waals surface area contributed by atoms with Crippen molar-refractivity contribution >= 4 is 28.1 Å². The van der Waals surface area contributed by atoms with Gasteiger partial charge in [0.1, 0.15) is 18.0 Å². The van der Waals surface area contributed by atoms with Crippen molar-refractivity contribution in [1.82, 2.24) is 5.32 Å². The van der Waals surface area contributed by atoms with E-state index in [0.29, 0.717) is 12.3 Å². The Morgan fingerprint density at radius 1 is 1.07 bits per heavy atom. The molecule has 2 N–H and O–H groups in total. The van der Waals surface area contributed by atoms with E-state index in [4.69, 9.17) is 4.74 Å². The number of rotatable bonds is 7. The molecular weight excluding hydrogens is 346 g/mol. The number of nitrogens with one attached hydrogen (secondary N) is 2. The fourth-order valence-electron chi connectivity index (χ4n) is 2.73. The predicted molar refractivity (Wildman–Crippen MR) is 104 cm³/mol. The molecule has 0 atom stereocenters. The van der Waals surface area contributed by atoms with Gasteiger partial charge in [-0.1, -0.05) is 30.3 Å². The summed E-state index contributed by atoms with van der Waals surface area (Å²) in [6.07, 6.45) is 0. The summed E-state index contributed by atoms with van der Waals surface area (Å²) in [5.41, 5.74) is 0.445. The van der Waals surface area contributed by atoms with Gasteiger partial charge in [0.25, 0.3) is 11.6 Å². The Morgan fingerprint density at radius 2 is 1.85 bits per heavy atom. The second-order valence-corrected chi connectivity index (χ2v) is 5.85. The monoisotopic (exact) mass is 365 g/mol. The van der Waals surface area contributed by atoms with Crippen molar-refractivity contribution in [3.8, 4) is 5.75 Å². The highest BCUT2D eigenvalue weighted by Gasteiger charge is 2.16. The Labute approximate surface area is 156 Å². The molecule has 0 radical (unpaired) electrons. The number of carbonyl (C=O) groups is 1. The van der Waals surface area contributed by atoms with Crippen LogP contribution in [0, 0.1) is 10.1 Å². The van der Waals surface area contributed by atoms with Crippen LogP contribution in [0.15, 0.2) is 60.7 Å². The number of hydrogen-bond donors (Lipinski definition) is 2. The van der Waals surface area contributed by atoms with Crippen LogP contribution in [0.3, 0.4) is 0 Å². The topological polar surface area (TPSA) is 93.5 Å². The van der Waals surface area contributed by atoms with E-state index >= 15 is 0 Å². The lowest BCUT2D eigenvalue weighted by Gasteiger charge is -2.09. The van der Waals surface area contributed by atoms with Crippen LogP contribution < -0.4 is 15.4 Å². The smallest absolute Gasteiger partial charge is 0.293 e. The van der Waals surface area contributed by atoms with Gasteiger partial charge in [-0.05, 0) is 35.0 Å². The summed E-state index contributed by atoms with van der Waals surface area (Å²) < 4.78 is 5.67. The lowest BCUT2D eigenvalue weighted by molar-refractivity contribution is -0.384. The summed E-state index contributed by atoms with van der Waals surface area (Å²) in [5.74, 6) is 0.333. The number of nitrogens with zero attached hydrogens (tertiary/aromatic N) is 1. The SMILES string of the molecule is CNc1ccc(C(=O)NCCOc2ccc3ccccc3c2)cc1[N+](=O)[O-]. The van der Waals surface area contributed by atoms with E-state index in [0.717, 1.165) is 16.5 Å². The Hall–Kier alpha value is -3.61. The predicted octanol–water partition coefficient (Wildman–Crippen LogP) is 3.60. The van der Waals surface area contributed by atoms with E-state index in [1.54, 1.807) is 13.1 Å². The molecule has 0 aliphatic carbocycles. The van der Waals surface area contributed by atoms with Crippen molar-refractivity contribution in [2.45, 2.75) is 0 Å². The van der Waals surface area contributed by atoms with Crippen LogP contribution in [-0.4, -0.2) is 31.0 Å². The number of nitro groups is 1. The van der Waals surface area contributed by atoms with Crippen LogP contribution >= 0.6 is 0 Å². The van der Waals surface area contributed by atoms with Gasteiger partial charge in [-0.15, -0.1) is 0 Å². The molecular formula is C20H19N3O4. The van der Waals surface area contributed by atoms with E-state index in [1.165, 1.54) is 12.1 Å². The lowest BCUT2D eigenvalue weighted by Crippen LogP contribution is -2.28. The standard InChI is InChI=1S/C20H19N3O4/c1-21-18-9-7-16(13-19(18)23(25)26)20(24)22-10-11-27-17-8-6-14-4-2-3-5-15(14)12-17/h2-9,12-13,21H,10-11H2,1H3,(H,22,24). The van der Waals surface area contributed by atoms with Crippen LogP contribution in [0.4, 0.5) is 11.4 Å². The first-order valence-electron chi connectivity index (χ1n) is 8.44. The highest BCUT2D eigenvalue weighted by molar-refractivity contribution is 5.95. The Kier molecular flexibility index (Phi) is 5.51. The van der Waals surface area contributed by atoms with Gasteiger partial charge in [-0.2, -0.15) is 0 Å². The fraction of sp³-hybridized carbons (Fsp3) is 0.150. The third-order valence-corrected chi connectivity index (χ3v) is 4.10. The molecule has 0 spiro atoms. The number of benzene rings is 3. The van der Waals surface area contributed by atoms with Crippen molar-refractivity contribution in [2.24, 2.45) is 0 Å². The van der Waals surface area contributed by atoms with Crippen molar-refractivity contribution in [2.75, 3.05) is 25.5 Å². The Bertz CT molecular complexity index is 988. The molecule has 3 rings (SSSR count). The lowest BCUT2D eigenvalue weighted by atomic mass is 10.1.